The zero-order chi connectivity index (χ0) is 23.9. The summed E-state index contributed by atoms with van der Waals surface area (Å²) in [5.74, 6) is 0.696. The summed E-state index contributed by atoms with van der Waals surface area (Å²) in [6.45, 7) is 10.5. The quantitative estimate of drug-likeness (QED) is 0.696. The molecular formula is C28H37N5O. The second-order valence-electron chi connectivity index (χ2n) is 9.83. The van der Waals surface area contributed by atoms with Crippen molar-refractivity contribution < 1.29 is 4.79 Å². The molecule has 2 saturated heterocycles. The molecule has 4 rings (SSSR count). The standard InChI is InChI=1S/C28H37N5O/c1-22-18-27(9-8-26(22)19-29)32-16-17-33(23(2)20-32)28(34)30-13-10-24-11-14-31(15-12-24)21-25-6-4-3-5-7-25/h3-9,18,23-24H,10-17,20-21H2,1-2H3,(H,30,34)/t23-/m1/s1. The van der Waals surface area contributed by atoms with Gasteiger partial charge < -0.3 is 15.1 Å². The molecule has 0 radical (unpaired) electrons. The van der Waals surface area contributed by atoms with Gasteiger partial charge in [-0.1, -0.05) is 30.3 Å². The molecule has 1 N–H and O–H groups in total. The van der Waals surface area contributed by atoms with Crippen molar-refractivity contribution in [3.05, 3.63) is 65.2 Å². The zero-order valence-corrected chi connectivity index (χ0v) is 20.5. The molecule has 6 nitrogen and oxygen atoms in total. The number of nitrogens with one attached hydrogen (secondary N) is 1. The van der Waals surface area contributed by atoms with Crippen LogP contribution in [0.2, 0.25) is 0 Å². The van der Waals surface area contributed by atoms with E-state index in [4.69, 9.17) is 5.26 Å². The van der Waals surface area contributed by atoms with Gasteiger partial charge in [0.15, 0.2) is 0 Å². The Bertz CT molecular complexity index is 994. The number of aryl methyl sites for hydroxylation is 1. The van der Waals surface area contributed by atoms with Crippen molar-refractivity contribution in [1.29, 1.82) is 5.26 Å². The molecule has 2 aliphatic heterocycles. The van der Waals surface area contributed by atoms with Crippen LogP contribution in [0.5, 0.6) is 0 Å². The lowest BCUT2D eigenvalue weighted by Crippen LogP contribution is -2.56. The molecule has 0 aromatic heterocycles. The predicted octanol–water partition coefficient (Wildman–Crippen LogP) is 4.39. The molecule has 0 spiro atoms. The fourth-order valence-corrected chi connectivity index (χ4v) is 5.22. The monoisotopic (exact) mass is 459 g/mol. The van der Waals surface area contributed by atoms with Crippen molar-refractivity contribution in [1.82, 2.24) is 15.1 Å². The molecule has 34 heavy (non-hydrogen) atoms. The van der Waals surface area contributed by atoms with Gasteiger partial charge in [0, 0.05) is 44.5 Å². The van der Waals surface area contributed by atoms with Gasteiger partial charge in [0.05, 0.1) is 11.6 Å². The first kappa shape index (κ1) is 24.1. The average molecular weight is 460 g/mol. The van der Waals surface area contributed by atoms with Crippen LogP contribution >= 0.6 is 0 Å². The van der Waals surface area contributed by atoms with E-state index in [0.29, 0.717) is 12.5 Å². The highest BCUT2D eigenvalue weighted by molar-refractivity contribution is 5.75. The summed E-state index contributed by atoms with van der Waals surface area (Å²) in [5, 5.41) is 12.3. The highest BCUT2D eigenvalue weighted by Crippen LogP contribution is 2.23. The van der Waals surface area contributed by atoms with E-state index < -0.39 is 0 Å². The number of hydrogen-bond donors (Lipinski definition) is 1. The van der Waals surface area contributed by atoms with Gasteiger partial charge in [-0.15, -0.1) is 0 Å². The lowest BCUT2D eigenvalue weighted by atomic mass is 9.93. The van der Waals surface area contributed by atoms with Gasteiger partial charge in [-0.3, -0.25) is 4.90 Å². The van der Waals surface area contributed by atoms with Gasteiger partial charge in [0.2, 0.25) is 0 Å². The van der Waals surface area contributed by atoms with E-state index in [0.717, 1.165) is 62.5 Å². The van der Waals surface area contributed by atoms with E-state index in [2.05, 4.69) is 64.5 Å². The fraction of sp³-hybridized carbons (Fsp3) is 0.500. The normalized spacial score (nSPS) is 19.6. The van der Waals surface area contributed by atoms with Crippen molar-refractivity contribution >= 4 is 11.7 Å². The predicted molar refractivity (Wildman–Crippen MR) is 137 cm³/mol. The lowest BCUT2D eigenvalue weighted by molar-refractivity contribution is 0.162. The number of likely N-dealkylation sites (tertiary alicyclic amines) is 1. The van der Waals surface area contributed by atoms with E-state index in [9.17, 15) is 4.79 Å². The summed E-state index contributed by atoms with van der Waals surface area (Å²) in [6.07, 6.45) is 3.48. The number of piperazine rings is 1. The molecule has 0 bridgehead atoms. The first-order valence-corrected chi connectivity index (χ1v) is 12.6. The highest BCUT2D eigenvalue weighted by atomic mass is 16.2. The van der Waals surface area contributed by atoms with Crippen LogP contribution < -0.4 is 10.2 Å². The number of anilines is 1. The summed E-state index contributed by atoms with van der Waals surface area (Å²) in [7, 11) is 0. The Morgan fingerprint density at radius 3 is 2.53 bits per heavy atom. The summed E-state index contributed by atoms with van der Waals surface area (Å²) in [5.41, 5.74) is 4.23. The van der Waals surface area contributed by atoms with E-state index in [1.807, 2.05) is 24.0 Å². The molecule has 180 valence electrons. The number of urea groups is 1. The summed E-state index contributed by atoms with van der Waals surface area (Å²) < 4.78 is 0. The number of carbonyl (C=O) groups excluding carboxylic acids is 1. The first-order valence-electron chi connectivity index (χ1n) is 12.6. The Hall–Kier alpha value is -3.04. The Kier molecular flexibility index (Phi) is 8.08. The second-order valence-corrected chi connectivity index (χ2v) is 9.83. The maximum absolute atomic E-state index is 12.8. The van der Waals surface area contributed by atoms with Gasteiger partial charge >= 0.3 is 6.03 Å². The van der Waals surface area contributed by atoms with Gasteiger partial charge in [-0.2, -0.15) is 5.26 Å². The number of piperidine rings is 1. The van der Waals surface area contributed by atoms with Gasteiger partial charge in [-0.25, -0.2) is 4.79 Å². The maximum Gasteiger partial charge on any atom is 0.317 e. The van der Waals surface area contributed by atoms with Crippen LogP contribution in [-0.4, -0.2) is 61.1 Å². The molecule has 2 aliphatic rings. The van der Waals surface area contributed by atoms with Gasteiger partial charge in [0.1, 0.15) is 0 Å². The van der Waals surface area contributed by atoms with Crippen molar-refractivity contribution in [3.63, 3.8) is 0 Å². The molecule has 0 aliphatic carbocycles. The third kappa shape index (κ3) is 6.09. The number of nitriles is 1. The van der Waals surface area contributed by atoms with Crippen molar-refractivity contribution in [2.45, 2.75) is 45.7 Å². The number of rotatable bonds is 6. The van der Waals surface area contributed by atoms with E-state index in [1.165, 1.54) is 18.4 Å². The molecule has 2 fully saturated rings. The smallest absolute Gasteiger partial charge is 0.317 e. The lowest BCUT2D eigenvalue weighted by Gasteiger charge is -2.41. The minimum Gasteiger partial charge on any atom is -0.368 e. The molecule has 1 atom stereocenters. The number of hydrogen-bond acceptors (Lipinski definition) is 4. The summed E-state index contributed by atoms with van der Waals surface area (Å²) in [4.78, 5) is 19.7. The maximum atomic E-state index is 12.8. The van der Waals surface area contributed by atoms with Crippen LogP contribution in [0.3, 0.4) is 0 Å². The number of benzene rings is 2. The molecule has 2 aromatic carbocycles. The van der Waals surface area contributed by atoms with Crippen LogP contribution in [0.4, 0.5) is 10.5 Å². The van der Waals surface area contributed by atoms with Crippen LogP contribution in [-0.2, 0) is 6.54 Å². The van der Waals surface area contributed by atoms with Gasteiger partial charge in [-0.05, 0) is 81.4 Å². The molecule has 2 heterocycles. The Morgan fingerprint density at radius 2 is 1.85 bits per heavy atom. The zero-order valence-electron chi connectivity index (χ0n) is 20.5. The number of amides is 2. The van der Waals surface area contributed by atoms with Crippen LogP contribution in [0.1, 0.15) is 42.9 Å². The Labute approximate surface area is 204 Å². The molecule has 0 unspecified atom stereocenters. The van der Waals surface area contributed by atoms with Crippen molar-refractivity contribution in [2.75, 3.05) is 44.2 Å². The van der Waals surface area contributed by atoms with Crippen molar-refractivity contribution in [3.8, 4) is 6.07 Å². The summed E-state index contributed by atoms with van der Waals surface area (Å²) >= 11 is 0. The third-order valence-corrected chi connectivity index (χ3v) is 7.37. The Balaban J connectivity index is 1.17. The highest BCUT2D eigenvalue weighted by Gasteiger charge is 2.28. The molecule has 2 amide bonds. The molecule has 6 heteroatoms. The number of nitrogens with zero attached hydrogens (tertiary/aromatic N) is 4. The second kappa shape index (κ2) is 11.4. The molecular weight excluding hydrogens is 422 g/mol. The van der Waals surface area contributed by atoms with E-state index in [1.54, 1.807) is 0 Å². The third-order valence-electron chi connectivity index (χ3n) is 7.37. The average Bonchev–Trinajstić information content (AvgIpc) is 2.85. The minimum atomic E-state index is 0.0599. The molecule has 2 aromatic rings. The molecule has 0 saturated carbocycles. The van der Waals surface area contributed by atoms with Crippen LogP contribution in [0.25, 0.3) is 0 Å². The minimum absolute atomic E-state index is 0.0599. The number of carbonyl (C=O) groups is 1. The van der Waals surface area contributed by atoms with Crippen molar-refractivity contribution in [2.24, 2.45) is 5.92 Å². The first-order chi connectivity index (χ1) is 16.5. The SMILES string of the molecule is Cc1cc(N2CCN(C(=O)NCCC3CCN(Cc4ccccc4)CC3)[C@H](C)C2)ccc1C#N. The topological polar surface area (TPSA) is 62.6 Å². The van der Waals surface area contributed by atoms with Crippen LogP contribution in [0, 0.1) is 24.2 Å². The Morgan fingerprint density at radius 1 is 1.09 bits per heavy atom. The van der Waals surface area contributed by atoms with E-state index >= 15 is 0 Å². The summed E-state index contributed by atoms with van der Waals surface area (Å²) in [6, 6.07) is 19.1. The van der Waals surface area contributed by atoms with Gasteiger partial charge in [0.25, 0.3) is 0 Å². The largest absolute Gasteiger partial charge is 0.368 e. The van der Waals surface area contributed by atoms with E-state index in [-0.39, 0.29) is 12.1 Å². The fourth-order valence-electron chi connectivity index (χ4n) is 5.22. The van der Waals surface area contributed by atoms with Crippen LogP contribution in [0.15, 0.2) is 48.5 Å².